The molecule has 1 aromatic heterocycles. The van der Waals surface area contributed by atoms with E-state index in [1.807, 2.05) is 30.3 Å². The third-order valence-corrected chi connectivity index (χ3v) is 4.70. The first-order valence-electron chi connectivity index (χ1n) is 9.61. The highest BCUT2D eigenvalue weighted by Gasteiger charge is 2.17. The Balaban J connectivity index is 1.68. The predicted molar refractivity (Wildman–Crippen MR) is 112 cm³/mol. The Bertz CT molecular complexity index is 989. The number of carboxylic acid groups (broad SMARTS) is 1. The zero-order valence-electron chi connectivity index (χ0n) is 15.9. The van der Waals surface area contributed by atoms with Crippen molar-refractivity contribution in [1.29, 1.82) is 0 Å². The lowest BCUT2D eigenvalue weighted by atomic mass is 10.1. The summed E-state index contributed by atoms with van der Waals surface area (Å²) < 4.78 is 0. The second-order valence-corrected chi connectivity index (χ2v) is 6.80. The average molecular weight is 390 g/mol. The van der Waals surface area contributed by atoms with E-state index in [4.69, 9.17) is 0 Å². The van der Waals surface area contributed by atoms with Gasteiger partial charge in [0, 0.05) is 18.8 Å². The van der Waals surface area contributed by atoms with Crippen molar-refractivity contribution in [1.82, 2.24) is 15.0 Å². The number of carbonyl (C=O) groups is 1. The predicted octanol–water partition coefficient (Wildman–Crippen LogP) is 4.05. The number of aromatic carboxylic acids is 1. The molecule has 3 N–H and O–H groups in total. The van der Waals surface area contributed by atoms with Gasteiger partial charge in [0.05, 0.1) is 11.3 Å². The van der Waals surface area contributed by atoms with Crippen molar-refractivity contribution < 1.29 is 9.90 Å². The van der Waals surface area contributed by atoms with Gasteiger partial charge in [-0.05, 0) is 43.5 Å². The van der Waals surface area contributed by atoms with Crippen LogP contribution in [0.4, 0.5) is 29.2 Å². The van der Waals surface area contributed by atoms with Crippen molar-refractivity contribution in [2.75, 3.05) is 28.6 Å². The minimum Gasteiger partial charge on any atom is -0.478 e. The number of aromatic nitrogens is 3. The summed E-state index contributed by atoms with van der Waals surface area (Å²) in [5, 5.41) is 15.7. The molecule has 4 rings (SSSR count). The zero-order valence-corrected chi connectivity index (χ0v) is 15.9. The summed E-state index contributed by atoms with van der Waals surface area (Å²) in [4.78, 5) is 27.3. The molecule has 1 aliphatic rings. The van der Waals surface area contributed by atoms with Crippen LogP contribution in [0.1, 0.15) is 29.6 Å². The molecule has 2 aromatic carbocycles. The third-order valence-electron chi connectivity index (χ3n) is 4.70. The number of nitrogens with zero attached hydrogens (tertiary/aromatic N) is 4. The summed E-state index contributed by atoms with van der Waals surface area (Å²) in [6.07, 6.45) is 3.39. The van der Waals surface area contributed by atoms with Gasteiger partial charge >= 0.3 is 5.97 Å². The maximum Gasteiger partial charge on any atom is 0.337 e. The Hall–Kier alpha value is -3.68. The second-order valence-electron chi connectivity index (χ2n) is 6.80. The highest BCUT2D eigenvalue weighted by atomic mass is 16.4. The van der Waals surface area contributed by atoms with E-state index >= 15 is 0 Å². The van der Waals surface area contributed by atoms with E-state index in [0.29, 0.717) is 23.5 Å². The average Bonchev–Trinajstić information content (AvgIpc) is 2.75. The smallest absolute Gasteiger partial charge is 0.337 e. The summed E-state index contributed by atoms with van der Waals surface area (Å²) in [7, 11) is 0. The molecule has 0 unspecified atom stereocenters. The molecule has 8 heteroatoms. The molecule has 1 fully saturated rings. The number of piperidine rings is 1. The SMILES string of the molecule is O=C(O)c1ccccc1Nc1nc(Nc2ccccc2)nc(N2CCCCC2)n1. The largest absolute Gasteiger partial charge is 0.478 e. The molecule has 0 radical (unpaired) electrons. The summed E-state index contributed by atoms with van der Waals surface area (Å²) in [6, 6.07) is 16.3. The van der Waals surface area contributed by atoms with Gasteiger partial charge in [-0.1, -0.05) is 30.3 Å². The Morgan fingerprint density at radius 1 is 0.828 bits per heavy atom. The minimum atomic E-state index is -1.01. The van der Waals surface area contributed by atoms with Crippen LogP contribution in [0, 0.1) is 0 Å². The quantitative estimate of drug-likeness (QED) is 0.579. The number of rotatable bonds is 6. The van der Waals surface area contributed by atoms with E-state index in [1.165, 1.54) is 6.42 Å². The molecular weight excluding hydrogens is 368 g/mol. The normalized spacial score (nSPS) is 13.7. The maximum absolute atomic E-state index is 11.5. The number of hydrogen-bond acceptors (Lipinski definition) is 7. The van der Waals surface area contributed by atoms with Crippen LogP contribution in [0.2, 0.25) is 0 Å². The van der Waals surface area contributed by atoms with Gasteiger partial charge in [0.2, 0.25) is 17.8 Å². The first-order valence-corrected chi connectivity index (χ1v) is 9.61. The first kappa shape index (κ1) is 18.7. The van der Waals surface area contributed by atoms with Crippen LogP contribution in [0.3, 0.4) is 0 Å². The summed E-state index contributed by atoms with van der Waals surface area (Å²) in [6.45, 7) is 1.78. The molecule has 1 saturated heterocycles. The number of carboxylic acids is 1. The second kappa shape index (κ2) is 8.55. The van der Waals surface area contributed by atoms with Crippen LogP contribution in [0.25, 0.3) is 0 Å². The fourth-order valence-electron chi connectivity index (χ4n) is 3.26. The summed E-state index contributed by atoms with van der Waals surface area (Å²) in [5.74, 6) is 0.268. The van der Waals surface area contributed by atoms with E-state index in [0.717, 1.165) is 31.6 Å². The van der Waals surface area contributed by atoms with Crippen molar-refractivity contribution in [2.45, 2.75) is 19.3 Å². The van der Waals surface area contributed by atoms with Crippen LogP contribution in [0.15, 0.2) is 54.6 Å². The third kappa shape index (κ3) is 4.60. The summed E-state index contributed by atoms with van der Waals surface area (Å²) in [5.41, 5.74) is 1.45. The van der Waals surface area contributed by atoms with Crippen molar-refractivity contribution in [2.24, 2.45) is 0 Å². The van der Waals surface area contributed by atoms with Gasteiger partial charge in [-0.25, -0.2) is 4.79 Å². The van der Waals surface area contributed by atoms with Crippen molar-refractivity contribution in [3.63, 3.8) is 0 Å². The Labute approximate surface area is 168 Å². The number of nitrogens with one attached hydrogen (secondary N) is 2. The molecule has 0 saturated carbocycles. The van der Waals surface area contributed by atoms with Gasteiger partial charge in [0.1, 0.15) is 0 Å². The molecule has 148 valence electrons. The fraction of sp³-hybridized carbons (Fsp3) is 0.238. The van der Waals surface area contributed by atoms with Crippen LogP contribution in [-0.2, 0) is 0 Å². The Morgan fingerprint density at radius 2 is 1.48 bits per heavy atom. The van der Waals surface area contributed by atoms with E-state index in [2.05, 4.69) is 30.5 Å². The molecule has 8 nitrogen and oxygen atoms in total. The Kier molecular flexibility index (Phi) is 5.51. The van der Waals surface area contributed by atoms with Crippen molar-refractivity contribution >= 4 is 35.2 Å². The van der Waals surface area contributed by atoms with E-state index in [9.17, 15) is 9.90 Å². The lowest BCUT2D eigenvalue weighted by molar-refractivity contribution is 0.0698. The highest BCUT2D eigenvalue weighted by Crippen LogP contribution is 2.24. The first-order chi connectivity index (χ1) is 14.2. The van der Waals surface area contributed by atoms with Gasteiger partial charge in [-0.3, -0.25) is 0 Å². The molecule has 0 atom stereocenters. The standard InChI is InChI=1S/C21H22N6O2/c28-18(29)16-11-5-6-12-17(16)23-20-24-19(22-15-9-3-1-4-10-15)25-21(26-20)27-13-7-2-8-14-27/h1,3-6,9-12H,2,7-8,13-14H2,(H,28,29)(H2,22,23,24,25,26). The monoisotopic (exact) mass is 390 g/mol. The van der Waals surface area contributed by atoms with Gasteiger partial charge in [-0.15, -0.1) is 0 Å². The Morgan fingerprint density at radius 3 is 2.21 bits per heavy atom. The van der Waals surface area contributed by atoms with Gasteiger partial charge in [0.25, 0.3) is 0 Å². The van der Waals surface area contributed by atoms with Crippen LogP contribution in [-0.4, -0.2) is 39.1 Å². The molecule has 0 spiro atoms. The zero-order chi connectivity index (χ0) is 20.1. The lowest BCUT2D eigenvalue weighted by Gasteiger charge is -2.27. The highest BCUT2D eigenvalue weighted by molar-refractivity contribution is 5.94. The molecule has 0 aliphatic carbocycles. The maximum atomic E-state index is 11.5. The number of anilines is 5. The summed E-state index contributed by atoms with van der Waals surface area (Å²) >= 11 is 0. The van der Waals surface area contributed by atoms with Gasteiger partial charge < -0.3 is 20.6 Å². The van der Waals surface area contributed by atoms with Crippen molar-refractivity contribution in [3.05, 3.63) is 60.2 Å². The molecular formula is C21H22N6O2. The van der Waals surface area contributed by atoms with Crippen LogP contribution >= 0.6 is 0 Å². The van der Waals surface area contributed by atoms with Gasteiger partial charge in [0.15, 0.2) is 0 Å². The van der Waals surface area contributed by atoms with Crippen LogP contribution < -0.4 is 15.5 Å². The molecule has 0 amide bonds. The number of benzene rings is 2. The van der Waals surface area contributed by atoms with E-state index < -0.39 is 5.97 Å². The molecule has 1 aliphatic heterocycles. The molecule has 3 aromatic rings. The lowest BCUT2D eigenvalue weighted by Crippen LogP contribution is -2.31. The van der Waals surface area contributed by atoms with E-state index in [-0.39, 0.29) is 5.56 Å². The van der Waals surface area contributed by atoms with Crippen LogP contribution in [0.5, 0.6) is 0 Å². The number of hydrogen-bond donors (Lipinski definition) is 3. The molecule has 0 bridgehead atoms. The van der Waals surface area contributed by atoms with Gasteiger partial charge in [-0.2, -0.15) is 15.0 Å². The fourth-order valence-corrected chi connectivity index (χ4v) is 3.26. The molecule has 29 heavy (non-hydrogen) atoms. The molecule has 2 heterocycles. The minimum absolute atomic E-state index is 0.157. The topological polar surface area (TPSA) is 103 Å². The van der Waals surface area contributed by atoms with Crippen molar-refractivity contribution in [3.8, 4) is 0 Å². The number of para-hydroxylation sites is 2. The van der Waals surface area contributed by atoms with E-state index in [1.54, 1.807) is 24.3 Å².